The summed E-state index contributed by atoms with van der Waals surface area (Å²) in [5.41, 5.74) is 0.697. The van der Waals surface area contributed by atoms with E-state index in [1.54, 1.807) is 13.2 Å². The first kappa shape index (κ1) is 16.2. The van der Waals surface area contributed by atoms with Crippen LogP contribution in [-0.2, 0) is 20.7 Å². The van der Waals surface area contributed by atoms with Crippen LogP contribution in [0.5, 0.6) is 5.75 Å². The van der Waals surface area contributed by atoms with E-state index in [0.717, 1.165) is 12.8 Å². The summed E-state index contributed by atoms with van der Waals surface area (Å²) >= 11 is 0. The van der Waals surface area contributed by atoms with Gasteiger partial charge in [0.15, 0.2) is 0 Å². The third-order valence-corrected chi connectivity index (χ3v) is 4.74. The molecule has 126 valence electrons. The van der Waals surface area contributed by atoms with Crippen molar-refractivity contribution in [2.45, 2.75) is 37.5 Å². The maximum absolute atomic E-state index is 13.3. The smallest absolute Gasteiger partial charge is 0.227 e. The zero-order valence-electron chi connectivity index (χ0n) is 13.5. The summed E-state index contributed by atoms with van der Waals surface area (Å²) < 4.78 is 29.7. The van der Waals surface area contributed by atoms with Crippen molar-refractivity contribution in [2.75, 3.05) is 27.4 Å². The molecule has 5 nitrogen and oxygen atoms in total. The van der Waals surface area contributed by atoms with Crippen LogP contribution in [0.15, 0.2) is 18.2 Å². The van der Waals surface area contributed by atoms with Crippen molar-refractivity contribution in [1.29, 1.82) is 0 Å². The Bertz CT molecular complexity index is 580. The van der Waals surface area contributed by atoms with Gasteiger partial charge >= 0.3 is 0 Å². The molecule has 2 fully saturated rings. The highest BCUT2D eigenvalue weighted by Crippen LogP contribution is 2.31. The van der Waals surface area contributed by atoms with Crippen LogP contribution in [0.1, 0.15) is 18.4 Å². The molecule has 3 rings (SSSR count). The number of fused-ring (bicyclic) bond motifs is 1. The molecule has 1 amide bonds. The number of piperidine rings is 1. The lowest BCUT2D eigenvalue weighted by Gasteiger charge is -2.40. The van der Waals surface area contributed by atoms with E-state index >= 15 is 0 Å². The van der Waals surface area contributed by atoms with Crippen molar-refractivity contribution < 1.29 is 23.4 Å². The fraction of sp³-hybridized carbons (Fsp3) is 0.588. The van der Waals surface area contributed by atoms with Crippen LogP contribution in [0, 0.1) is 5.82 Å². The minimum absolute atomic E-state index is 0.0185. The number of hydrogen-bond acceptors (Lipinski definition) is 4. The second-order valence-electron chi connectivity index (χ2n) is 5.97. The molecule has 2 aliphatic heterocycles. The first-order valence-corrected chi connectivity index (χ1v) is 7.90. The minimum atomic E-state index is -0.372. The largest absolute Gasteiger partial charge is 0.496 e. The van der Waals surface area contributed by atoms with E-state index in [9.17, 15) is 9.18 Å². The van der Waals surface area contributed by atoms with Crippen molar-refractivity contribution in [2.24, 2.45) is 0 Å². The molecule has 2 aliphatic rings. The van der Waals surface area contributed by atoms with E-state index in [1.165, 1.54) is 19.2 Å². The van der Waals surface area contributed by atoms with Gasteiger partial charge in [-0.15, -0.1) is 0 Å². The maximum Gasteiger partial charge on any atom is 0.227 e. The molecule has 0 aromatic heterocycles. The van der Waals surface area contributed by atoms with Crippen LogP contribution in [-0.4, -0.2) is 56.4 Å². The van der Waals surface area contributed by atoms with Gasteiger partial charge in [-0.2, -0.15) is 0 Å². The number of ether oxygens (including phenoxy) is 3. The first-order valence-electron chi connectivity index (χ1n) is 7.90. The van der Waals surface area contributed by atoms with Gasteiger partial charge in [0, 0.05) is 31.9 Å². The summed E-state index contributed by atoms with van der Waals surface area (Å²) in [6.45, 7) is 1.31. The fourth-order valence-electron chi connectivity index (χ4n) is 3.58. The van der Waals surface area contributed by atoms with Crippen LogP contribution < -0.4 is 4.74 Å². The molecule has 3 atom stereocenters. The summed E-state index contributed by atoms with van der Waals surface area (Å²) in [6.07, 6.45) is 1.80. The number of rotatable bonds is 4. The number of carbonyl (C=O) groups is 1. The van der Waals surface area contributed by atoms with Gasteiger partial charge in [-0.1, -0.05) is 6.07 Å². The average molecular weight is 323 g/mol. The molecule has 0 aliphatic carbocycles. The van der Waals surface area contributed by atoms with E-state index in [2.05, 4.69) is 0 Å². The number of nitrogens with zero attached hydrogens (tertiary/aromatic N) is 1. The average Bonchev–Trinajstić information content (AvgIpc) is 3.05. The molecule has 0 saturated carbocycles. The van der Waals surface area contributed by atoms with Crippen molar-refractivity contribution in [1.82, 2.24) is 4.90 Å². The Morgan fingerprint density at radius 3 is 2.96 bits per heavy atom. The second kappa shape index (κ2) is 6.84. The molecule has 0 bridgehead atoms. The van der Waals surface area contributed by atoms with E-state index < -0.39 is 0 Å². The van der Waals surface area contributed by atoms with Crippen molar-refractivity contribution in [3.63, 3.8) is 0 Å². The third-order valence-electron chi connectivity index (χ3n) is 4.74. The Kier molecular flexibility index (Phi) is 4.82. The van der Waals surface area contributed by atoms with Crippen molar-refractivity contribution in [3.8, 4) is 5.75 Å². The molecular formula is C17H22FNO4. The van der Waals surface area contributed by atoms with Crippen molar-refractivity contribution in [3.05, 3.63) is 29.6 Å². The normalized spacial score (nSPS) is 26.9. The van der Waals surface area contributed by atoms with Crippen LogP contribution in [0.4, 0.5) is 4.39 Å². The molecule has 2 heterocycles. The highest BCUT2D eigenvalue weighted by atomic mass is 19.1. The Morgan fingerprint density at radius 2 is 2.22 bits per heavy atom. The van der Waals surface area contributed by atoms with Gasteiger partial charge in [0.2, 0.25) is 5.91 Å². The Labute approximate surface area is 135 Å². The summed E-state index contributed by atoms with van der Waals surface area (Å²) in [5, 5.41) is 0. The van der Waals surface area contributed by atoms with E-state index in [0.29, 0.717) is 24.5 Å². The summed E-state index contributed by atoms with van der Waals surface area (Å²) in [5.74, 6) is 0.0533. The lowest BCUT2D eigenvalue weighted by atomic mass is 9.94. The number of carbonyl (C=O) groups excluding carboxylic acids is 1. The van der Waals surface area contributed by atoms with Gasteiger partial charge in [0.1, 0.15) is 17.7 Å². The van der Waals surface area contributed by atoms with Crippen LogP contribution in [0.25, 0.3) is 0 Å². The number of benzene rings is 1. The highest BCUT2D eigenvalue weighted by Gasteiger charge is 2.44. The van der Waals surface area contributed by atoms with Crippen LogP contribution in [0.2, 0.25) is 0 Å². The molecule has 2 saturated heterocycles. The Balaban J connectivity index is 1.73. The molecule has 1 aromatic rings. The predicted molar refractivity (Wildman–Crippen MR) is 81.9 cm³/mol. The molecule has 6 heteroatoms. The minimum Gasteiger partial charge on any atom is -0.496 e. The topological polar surface area (TPSA) is 48.0 Å². The molecule has 0 unspecified atom stereocenters. The summed E-state index contributed by atoms with van der Waals surface area (Å²) in [7, 11) is 3.16. The molecule has 23 heavy (non-hydrogen) atoms. The van der Waals surface area contributed by atoms with Gasteiger partial charge in [-0.25, -0.2) is 4.39 Å². The summed E-state index contributed by atoms with van der Waals surface area (Å²) in [6, 6.07) is 4.33. The number of likely N-dealkylation sites (tertiary alicyclic amines) is 1. The van der Waals surface area contributed by atoms with Gasteiger partial charge < -0.3 is 19.1 Å². The number of hydrogen-bond donors (Lipinski definition) is 0. The van der Waals surface area contributed by atoms with E-state index in [1.807, 2.05) is 4.90 Å². The van der Waals surface area contributed by atoms with Gasteiger partial charge in [0.05, 0.1) is 25.7 Å². The maximum atomic E-state index is 13.3. The zero-order chi connectivity index (χ0) is 16.4. The molecule has 1 aromatic carbocycles. The van der Waals surface area contributed by atoms with Gasteiger partial charge in [0.25, 0.3) is 0 Å². The van der Waals surface area contributed by atoms with Crippen molar-refractivity contribution >= 4 is 5.91 Å². The molecular weight excluding hydrogens is 301 g/mol. The fourth-order valence-corrected chi connectivity index (χ4v) is 3.58. The quantitative estimate of drug-likeness (QED) is 0.847. The number of halogens is 1. The first-order chi connectivity index (χ1) is 11.1. The molecule has 0 radical (unpaired) electrons. The number of amides is 1. The third kappa shape index (κ3) is 3.19. The van der Waals surface area contributed by atoms with Gasteiger partial charge in [-0.05, 0) is 18.9 Å². The van der Waals surface area contributed by atoms with E-state index in [4.69, 9.17) is 14.2 Å². The SMILES string of the molecule is COc1cc(F)ccc1CC(=O)N1CC[C@@H](OC)[C@H]2OCC[C@@H]21. The highest BCUT2D eigenvalue weighted by molar-refractivity contribution is 5.80. The van der Waals surface area contributed by atoms with Crippen LogP contribution in [0.3, 0.4) is 0 Å². The standard InChI is InChI=1S/C17H22FNO4/c1-21-14-5-7-19(13-6-8-23-17(13)14)16(20)9-11-3-4-12(18)10-15(11)22-2/h3-4,10,13-14,17H,5-9H2,1-2H3/t13-,14+,17-/m0/s1. The van der Waals surface area contributed by atoms with Crippen LogP contribution >= 0.6 is 0 Å². The lowest BCUT2D eigenvalue weighted by molar-refractivity contribution is -0.142. The lowest BCUT2D eigenvalue weighted by Crippen LogP contribution is -2.55. The van der Waals surface area contributed by atoms with E-state index in [-0.39, 0.29) is 36.4 Å². The monoisotopic (exact) mass is 323 g/mol. The second-order valence-corrected chi connectivity index (χ2v) is 5.97. The van der Waals surface area contributed by atoms with Gasteiger partial charge in [-0.3, -0.25) is 4.79 Å². The Hall–Kier alpha value is -1.66. The predicted octanol–water partition coefficient (Wildman–Crippen LogP) is 1.78. The number of methoxy groups -OCH3 is 2. The Morgan fingerprint density at radius 1 is 1.39 bits per heavy atom. The summed E-state index contributed by atoms with van der Waals surface area (Å²) in [4.78, 5) is 14.6. The molecule has 0 spiro atoms. The molecule has 0 N–H and O–H groups in total. The zero-order valence-corrected chi connectivity index (χ0v) is 13.5.